The van der Waals surface area contributed by atoms with Gasteiger partial charge in [0.1, 0.15) is 17.5 Å². The van der Waals surface area contributed by atoms with Gasteiger partial charge in [0.05, 0.1) is 0 Å². The van der Waals surface area contributed by atoms with Crippen molar-refractivity contribution in [3.8, 4) is 0 Å². The average molecular weight is 250 g/mol. The van der Waals surface area contributed by atoms with Gasteiger partial charge >= 0.3 is 0 Å². The zero-order valence-electron chi connectivity index (χ0n) is 11.3. The maximum atomic E-state index is 5.45. The van der Waals surface area contributed by atoms with Crippen LogP contribution in [-0.2, 0) is 6.42 Å². The number of hydrogen-bond donors (Lipinski definition) is 2. The number of aryl methyl sites for hydroxylation is 1. The first-order chi connectivity index (χ1) is 8.63. The van der Waals surface area contributed by atoms with Gasteiger partial charge in [0.15, 0.2) is 0 Å². The summed E-state index contributed by atoms with van der Waals surface area (Å²) in [5, 5.41) is 0. The Balaban J connectivity index is 2.18. The Morgan fingerprint density at radius 1 is 1.50 bits per heavy atom. The molecule has 0 aromatic carbocycles. The summed E-state index contributed by atoms with van der Waals surface area (Å²) in [6, 6.07) is 2.51. The van der Waals surface area contributed by atoms with Crippen molar-refractivity contribution in [1.82, 2.24) is 14.9 Å². The van der Waals surface area contributed by atoms with Gasteiger partial charge in [0.2, 0.25) is 0 Å². The second-order valence-electron chi connectivity index (χ2n) is 4.88. The molecule has 0 saturated carbocycles. The highest BCUT2D eigenvalue weighted by Gasteiger charge is 2.25. The summed E-state index contributed by atoms with van der Waals surface area (Å²) in [7, 11) is 4.25. The molecule has 0 bridgehead atoms. The van der Waals surface area contributed by atoms with Crippen molar-refractivity contribution in [2.75, 3.05) is 37.5 Å². The van der Waals surface area contributed by atoms with E-state index in [1.54, 1.807) is 0 Å². The van der Waals surface area contributed by atoms with E-state index in [1.807, 2.05) is 13.0 Å². The van der Waals surface area contributed by atoms with Crippen molar-refractivity contribution in [1.29, 1.82) is 0 Å². The molecule has 0 aliphatic carbocycles. The Labute approximate surface area is 108 Å². The molecule has 1 aliphatic heterocycles. The van der Waals surface area contributed by atoms with E-state index in [0.717, 1.165) is 31.2 Å². The fourth-order valence-corrected chi connectivity index (χ4v) is 2.25. The fraction of sp³-hybridized carbons (Fsp3) is 0.667. The Bertz CT molecular complexity index is 383. The van der Waals surface area contributed by atoms with E-state index in [1.165, 1.54) is 6.42 Å². The van der Waals surface area contributed by atoms with Crippen molar-refractivity contribution < 1.29 is 0 Å². The largest absolute Gasteiger partial charge is 0.355 e. The van der Waals surface area contributed by atoms with Crippen LogP contribution < -0.4 is 16.2 Å². The lowest BCUT2D eigenvalue weighted by Gasteiger charge is -2.21. The Morgan fingerprint density at radius 2 is 2.28 bits per heavy atom. The molecule has 6 heteroatoms. The quantitative estimate of drug-likeness (QED) is 0.598. The van der Waals surface area contributed by atoms with Crippen LogP contribution in [0.3, 0.4) is 0 Å². The number of rotatable bonds is 4. The van der Waals surface area contributed by atoms with E-state index in [0.29, 0.717) is 11.9 Å². The predicted octanol–water partition coefficient (Wildman–Crippen LogP) is 0.465. The Hall–Kier alpha value is -1.40. The van der Waals surface area contributed by atoms with Gasteiger partial charge < -0.3 is 15.2 Å². The van der Waals surface area contributed by atoms with Crippen LogP contribution >= 0.6 is 0 Å². The molecule has 2 heterocycles. The number of anilines is 2. The van der Waals surface area contributed by atoms with Gasteiger partial charge in [0.25, 0.3) is 0 Å². The van der Waals surface area contributed by atoms with E-state index < -0.39 is 0 Å². The summed E-state index contributed by atoms with van der Waals surface area (Å²) in [5.74, 6) is 7.93. The number of nitrogens with two attached hydrogens (primary N) is 1. The lowest BCUT2D eigenvalue weighted by atomic mass is 10.2. The third-order valence-electron chi connectivity index (χ3n) is 3.44. The topological polar surface area (TPSA) is 70.3 Å². The first-order valence-electron chi connectivity index (χ1n) is 6.40. The molecular weight excluding hydrogens is 228 g/mol. The van der Waals surface area contributed by atoms with E-state index in [4.69, 9.17) is 5.84 Å². The van der Waals surface area contributed by atoms with Crippen LogP contribution in [0.5, 0.6) is 0 Å². The van der Waals surface area contributed by atoms with Crippen LogP contribution in [0.25, 0.3) is 0 Å². The minimum atomic E-state index is 0.597. The minimum absolute atomic E-state index is 0.597. The highest BCUT2D eigenvalue weighted by atomic mass is 15.3. The first kappa shape index (κ1) is 13.0. The van der Waals surface area contributed by atoms with Gasteiger partial charge in [-0.15, -0.1) is 0 Å². The second kappa shape index (κ2) is 5.49. The monoisotopic (exact) mass is 250 g/mol. The maximum absolute atomic E-state index is 5.45. The first-order valence-corrected chi connectivity index (χ1v) is 6.40. The molecule has 1 unspecified atom stereocenters. The van der Waals surface area contributed by atoms with Crippen LogP contribution in [0.15, 0.2) is 6.07 Å². The summed E-state index contributed by atoms with van der Waals surface area (Å²) in [5.41, 5.74) is 2.61. The number of aromatic nitrogens is 2. The van der Waals surface area contributed by atoms with Crippen molar-refractivity contribution >= 4 is 11.6 Å². The van der Waals surface area contributed by atoms with Crippen molar-refractivity contribution in [2.24, 2.45) is 5.84 Å². The number of likely N-dealkylation sites (N-methyl/N-ethyl adjacent to an activating group) is 1. The molecule has 1 saturated heterocycles. The maximum Gasteiger partial charge on any atom is 0.145 e. The number of nitrogen functional groups attached to an aromatic ring is 1. The van der Waals surface area contributed by atoms with Gasteiger partial charge in [-0.25, -0.2) is 15.8 Å². The Morgan fingerprint density at radius 3 is 2.83 bits per heavy atom. The molecule has 0 spiro atoms. The molecule has 1 aromatic rings. The van der Waals surface area contributed by atoms with Gasteiger partial charge in [-0.2, -0.15) is 0 Å². The third-order valence-corrected chi connectivity index (χ3v) is 3.44. The van der Waals surface area contributed by atoms with Crippen LogP contribution in [0.1, 0.15) is 19.2 Å². The van der Waals surface area contributed by atoms with E-state index in [-0.39, 0.29) is 0 Å². The number of nitrogens with one attached hydrogen (secondary N) is 1. The standard InChI is InChI=1S/C12H22N6/c1-4-10-14-11(16-13)7-12(15-10)18-6-5-9(8-18)17(2)3/h7,9H,4-6,8,13H2,1-3H3,(H,14,15,16). The van der Waals surface area contributed by atoms with Crippen LogP contribution in [0.2, 0.25) is 0 Å². The van der Waals surface area contributed by atoms with Crippen LogP contribution in [0.4, 0.5) is 11.6 Å². The van der Waals surface area contributed by atoms with E-state index in [2.05, 4.69) is 39.3 Å². The highest BCUT2D eigenvalue weighted by Crippen LogP contribution is 2.22. The van der Waals surface area contributed by atoms with Gasteiger partial charge in [0, 0.05) is 31.6 Å². The third kappa shape index (κ3) is 2.70. The van der Waals surface area contributed by atoms with Crippen molar-refractivity contribution in [3.05, 3.63) is 11.9 Å². The lowest BCUT2D eigenvalue weighted by molar-refractivity contribution is 0.315. The summed E-state index contributed by atoms with van der Waals surface area (Å²) in [6.07, 6.45) is 1.98. The molecule has 1 aromatic heterocycles. The number of hydrazine groups is 1. The molecule has 0 radical (unpaired) electrons. The van der Waals surface area contributed by atoms with Gasteiger partial charge in [-0.05, 0) is 20.5 Å². The average Bonchev–Trinajstić information content (AvgIpc) is 2.87. The molecule has 3 N–H and O–H groups in total. The lowest BCUT2D eigenvalue weighted by Crippen LogP contribution is -2.31. The van der Waals surface area contributed by atoms with Crippen molar-refractivity contribution in [3.63, 3.8) is 0 Å². The predicted molar refractivity (Wildman–Crippen MR) is 73.5 cm³/mol. The molecule has 1 atom stereocenters. The number of nitrogens with zero attached hydrogens (tertiary/aromatic N) is 4. The van der Waals surface area contributed by atoms with E-state index >= 15 is 0 Å². The van der Waals surface area contributed by atoms with E-state index in [9.17, 15) is 0 Å². The minimum Gasteiger partial charge on any atom is -0.355 e. The summed E-state index contributed by atoms with van der Waals surface area (Å²) in [4.78, 5) is 13.5. The second-order valence-corrected chi connectivity index (χ2v) is 4.88. The molecule has 1 fully saturated rings. The zero-order valence-corrected chi connectivity index (χ0v) is 11.3. The number of hydrogen-bond acceptors (Lipinski definition) is 6. The molecule has 0 amide bonds. The van der Waals surface area contributed by atoms with Crippen LogP contribution in [0, 0.1) is 0 Å². The molecule has 2 rings (SSSR count). The summed E-state index contributed by atoms with van der Waals surface area (Å²) in [6.45, 7) is 4.09. The molecule has 6 nitrogen and oxygen atoms in total. The molecule has 100 valence electrons. The molecule has 18 heavy (non-hydrogen) atoms. The van der Waals surface area contributed by atoms with Gasteiger partial charge in [-0.1, -0.05) is 6.92 Å². The zero-order chi connectivity index (χ0) is 13.1. The van der Waals surface area contributed by atoms with Crippen LogP contribution in [-0.4, -0.2) is 48.1 Å². The van der Waals surface area contributed by atoms with Gasteiger partial charge in [-0.3, -0.25) is 0 Å². The normalized spacial score (nSPS) is 19.6. The SMILES string of the molecule is CCc1nc(NN)cc(N2CCC(N(C)C)C2)n1. The smallest absolute Gasteiger partial charge is 0.145 e. The Kier molecular flexibility index (Phi) is 3.98. The molecular formula is C12H22N6. The summed E-state index contributed by atoms with van der Waals surface area (Å²) < 4.78 is 0. The molecule has 1 aliphatic rings. The van der Waals surface area contributed by atoms with Crippen molar-refractivity contribution in [2.45, 2.75) is 25.8 Å². The highest BCUT2D eigenvalue weighted by molar-refractivity contribution is 5.49. The fourth-order valence-electron chi connectivity index (χ4n) is 2.25. The summed E-state index contributed by atoms with van der Waals surface area (Å²) >= 11 is 0.